The van der Waals surface area contributed by atoms with Crippen molar-refractivity contribution in [3.05, 3.63) is 30.1 Å². The van der Waals surface area contributed by atoms with E-state index in [0.29, 0.717) is 17.6 Å². The van der Waals surface area contributed by atoms with Crippen LogP contribution in [0.15, 0.2) is 24.5 Å². The Labute approximate surface area is 182 Å². The van der Waals surface area contributed by atoms with Gasteiger partial charge in [0.2, 0.25) is 11.8 Å². The lowest BCUT2D eigenvalue weighted by Gasteiger charge is -2.15. The second-order valence-corrected chi connectivity index (χ2v) is 8.43. The molecular formula is C23H29N5O3. The Kier molecular flexibility index (Phi) is 5.58. The Bertz CT molecular complexity index is 1140. The zero-order chi connectivity index (χ0) is 22.3. The molecule has 31 heavy (non-hydrogen) atoms. The number of nitrogens with zero attached hydrogens (tertiary/aromatic N) is 4. The largest absolute Gasteiger partial charge is 0.496 e. The third-order valence-corrected chi connectivity index (χ3v) is 5.87. The van der Waals surface area contributed by atoms with Gasteiger partial charge in [-0.05, 0) is 45.5 Å². The van der Waals surface area contributed by atoms with Crippen molar-refractivity contribution in [1.82, 2.24) is 19.4 Å². The summed E-state index contributed by atoms with van der Waals surface area (Å²) in [6.07, 6.45) is 4.45. The fourth-order valence-corrected chi connectivity index (χ4v) is 4.22. The van der Waals surface area contributed by atoms with Crippen LogP contribution in [0.25, 0.3) is 22.2 Å². The fourth-order valence-electron chi connectivity index (χ4n) is 4.22. The minimum absolute atomic E-state index is 0.0427. The molecule has 1 aliphatic carbocycles. The quantitative estimate of drug-likeness (QED) is 0.629. The second-order valence-electron chi connectivity index (χ2n) is 8.43. The van der Waals surface area contributed by atoms with Crippen molar-refractivity contribution in [2.45, 2.75) is 13.3 Å². The molecule has 2 atom stereocenters. The predicted octanol–water partition coefficient (Wildman–Crippen LogP) is 3.10. The summed E-state index contributed by atoms with van der Waals surface area (Å²) in [5, 5.41) is 3.95. The number of rotatable bonds is 7. The second kappa shape index (κ2) is 8.19. The molecule has 8 heteroatoms. The van der Waals surface area contributed by atoms with Crippen LogP contribution >= 0.6 is 0 Å². The number of aryl methyl sites for hydroxylation is 2. The first kappa shape index (κ1) is 21.1. The van der Waals surface area contributed by atoms with E-state index >= 15 is 0 Å². The van der Waals surface area contributed by atoms with Crippen LogP contribution in [0.2, 0.25) is 0 Å². The van der Waals surface area contributed by atoms with Gasteiger partial charge in [0.05, 0.1) is 31.6 Å². The molecule has 0 aliphatic heterocycles. The van der Waals surface area contributed by atoms with Gasteiger partial charge in [-0.25, -0.2) is 9.97 Å². The zero-order valence-electron chi connectivity index (χ0n) is 18.9. The number of nitrogens with one attached hydrogen (secondary N) is 1. The van der Waals surface area contributed by atoms with Crippen LogP contribution in [-0.2, 0) is 11.8 Å². The van der Waals surface area contributed by atoms with Gasteiger partial charge in [0.25, 0.3) is 0 Å². The van der Waals surface area contributed by atoms with Crippen molar-refractivity contribution < 1.29 is 14.3 Å². The lowest BCUT2D eigenvalue weighted by molar-refractivity contribution is -0.117. The fraction of sp³-hybridized carbons (Fsp3) is 0.435. The van der Waals surface area contributed by atoms with E-state index in [1.54, 1.807) is 26.6 Å². The van der Waals surface area contributed by atoms with E-state index in [4.69, 9.17) is 9.47 Å². The summed E-state index contributed by atoms with van der Waals surface area (Å²) in [5.41, 5.74) is 3.55. The molecule has 1 saturated carbocycles. The Balaban J connectivity index is 1.65. The molecule has 2 unspecified atom stereocenters. The minimum atomic E-state index is 0.0427. The Morgan fingerprint density at radius 3 is 2.68 bits per heavy atom. The van der Waals surface area contributed by atoms with E-state index in [-0.39, 0.29) is 11.8 Å². The van der Waals surface area contributed by atoms with Crippen LogP contribution in [0.3, 0.4) is 0 Å². The third-order valence-electron chi connectivity index (χ3n) is 5.87. The van der Waals surface area contributed by atoms with E-state index in [1.165, 1.54) is 0 Å². The number of pyridine rings is 2. The number of amides is 1. The van der Waals surface area contributed by atoms with Crippen molar-refractivity contribution in [2.24, 2.45) is 18.9 Å². The summed E-state index contributed by atoms with van der Waals surface area (Å²) in [4.78, 5) is 23.6. The highest BCUT2D eigenvalue weighted by molar-refractivity contribution is 5.96. The summed E-state index contributed by atoms with van der Waals surface area (Å²) in [5.74, 6) is 2.32. The van der Waals surface area contributed by atoms with E-state index < -0.39 is 0 Å². The highest BCUT2D eigenvalue weighted by Gasteiger charge is 2.43. The molecule has 4 rings (SSSR count). The Morgan fingerprint density at radius 1 is 1.23 bits per heavy atom. The molecule has 8 nitrogen and oxygen atoms in total. The lowest BCUT2D eigenvalue weighted by atomic mass is 10.1. The van der Waals surface area contributed by atoms with Gasteiger partial charge in [0.1, 0.15) is 17.1 Å². The van der Waals surface area contributed by atoms with Crippen molar-refractivity contribution >= 4 is 22.6 Å². The van der Waals surface area contributed by atoms with Crippen LogP contribution in [0, 0.1) is 18.8 Å². The number of carbonyl (C=O) groups is 1. The average Bonchev–Trinajstić information content (AvgIpc) is 3.42. The van der Waals surface area contributed by atoms with Gasteiger partial charge < -0.3 is 24.3 Å². The summed E-state index contributed by atoms with van der Waals surface area (Å²) in [6, 6.07) is 3.95. The minimum Gasteiger partial charge on any atom is -0.496 e. The maximum absolute atomic E-state index is 12.6. The monoisotopic (exact) mass is 423 g/mol. The third kappa shape index (κ3) is 3.95. The van der Waals surface area contributed by atoms with Crippen LogP contribution in [0.4, 0.5) is 5.82 Å². The number of carbonyl (C=O) groups excluding carboxylic acids is 1. The molecule has 0 bridgehead atoms. The van der Waals surface area contributed by atoms with Gasteiger partial charge in [-0.1, -0.05) is 0 Å². The first-order valence-electron chi connectivity index (χ1n) is 10.3. The van der Waals surface area contributed by atoms with Gasteiger partial charge >= 0.3 is 0 Å². The van der Waals surface area contributed by atoms with Crippen LogP contribution < -0.4 is 14.8 Å². The Hall–Kier alpha value is -3.13. The van der Waals surface area contributed by atoms with Gasteiger partial charge in [-0.2, -0.15) is 0 Å². The molecule has 3 heterocycles. The molecule has 1 N–H and O–H groups in total. The predicted molar refractivity (Wildman–Crippen MR) is 121 cm³/mol. The number of anilines is 1. The number of hydrogen-bond acceptors (Lipinski definition) is 6. The van der Waals surface area contributed by atoms with E-state index in [9.17, 15) is 4.79 Å². The van der Waals surface area contributed by atoms with Gasteiger partial charge in [-0.3, -0.25) is 4.79 Å². The van der Waals surface area contributed by atoms with Crippen molar-refractivity contribution in [1.29, 1.82) is 0 Å². The van der Waals surface area contributed by atoms with Gasteiger partial charge in [-0.15, -0.1) is 0 Å². The molecule has 0 saturated heterocycles. The molecule has 3 aromatic heterocycles. The standard InChI is InChI=1S/C23H29N5O3/c1-13-10-25-23(31-6)20(21(13)30-5)17-8-14-9-19(24-11-18(14)28(17)4)26-22(29)16-7-15(16)12-27(2)3/h8-11,15-16H,7,12H2,1-6H3,(H,24,26,29). The molecule has 0 spiro atoms. The van der Waals surface area contributed by atoms with E-state index in [0.717, 1.165) is 46.4 Å². The number of hydrogen-bond donors (Lipinski definition) is 1. The number of fused-ring (bicyclic) bond motifs is 1. The first-order chi connectivity index (χ1) is 14.8. The van der Waals surface area contributed by atoms with Crippen molar-refractivity contribution in [3.63, 3.8) is 0 Å². The molecule has 3 aromatic rings. The number of aromatic nitrogens is 3. The number of ether oxygens (including phenoxy) is 2. The smallest absolute Gasteiger partial charge is 0.228 e. The highest BCUT2D eigenvalue weighted by atomic mass is 16.5. The molecule has 1 amide bonds. The SMILES string of the molecule is COc1ncc(C)c(OC)c1-c1cc2cc(NC(=O)C3CC3CN(C)C)ncc2n1C. The molecule has 1 fully saturated rings. The van der Waals surface area contributed by atoms with Crippen molar-refractivity contribution in [3.8, 4) is 22.9 Å². The topological polar surface area (TPSA) is 81.5 Å². The average molecular weight is 424 g/mol. The summed E-state index contributed by atoms with van der Waals surface area (Å²) < 4.78 is 13.2. The summed E-state index contributed by atoms with van der Waals surface area (Å²) in [7, 11) is 9.27. The van der Waals surface area contributed by atoms with Crippen LogP contribution in [-0.4, -0.2) is 60.2 Å². The maximum atomic E-state index is 12.6. The maximum Gasteiger partial charge on any atom is 0.228 e. The normalized spacial score (nSPS) is 17.8. The summed E-state index contributed by atoms with van der Waals surface area (Å²) in [6.45, 7) is 2.88. The van der Waals surface area contributed by atoms with Crippen LogP contribution in [0.1, 0.15) is 12.0 Å². The van der Waals surface area contributed by atoms with E-state index in [1.807, 2.05) is 44.8 Å². The molecular weight excluding hydrogens is 394 g/mol. The molecule has 0 radical (unpaired) electrons. The van der Waals surface area contributed by atoms with E-state index in [2.05, 4.69) is 20.2 Å². The van der Waals surface area contributed by atoms with Crippen LogP contribution in [0.5, 0.6) is 11.6 Å². The number of methoxy groups -OCH3 is 2. The molecule has 0 aromatic carbocycles. The van der Waals surface area contributed by atoms with Gasteiger partial charge in [0, 0.05) is 36.7 Å². The molecule has 164 valence electrons. The van der Waals surface area contributed by atoms with Crippen molar-refractivity contribution in [2.75, 3.05) is 40.2 Å². The van der Waals surface area contributed by atoms with Gasteiger partial charge in [0.15, 0.2) is 0 Å². The zero-order valence-corrected chi connectivity index (χ0v) is 18.9. The highest BCUT2D eigenvalue weighted by Crippen LogP contribution is 2.42. The summed E-state index contributed by atoms with van der Waals surface area (Å²) >= 11 is 0. The first-order valence-corrected chi connectivity index (χ1v) is 10.3. The Morgan fingerprint density at radius 2 is 2.00 bits per heavy atom. The molecule has 1 aliphatic rings. The lowest BCUT2D eigenvalue weighted by Crippen LogP contribution is -2.20.